The van der Waals surface area contributed by atoms with E-state index in [1.54, 1.807) is 22.0 Å². The van der Waals surface area contributed by atoms with E-state index in [2.05, 4.69) is 18.9 Å². The van der Waals surface area contributed by atoms with Gasteiger partial charge in [-0.2, -0.15) is 5.10 Å². The summed E-state index contributed by atoms with van der Waals surface area (Å²) in [5.41, 5.74) is 0.536. The lowest BCUT2D eigenvalue weighted by Gasteiger charge is -2.37. The molecule has 1 aromatic heterocycles. The molecule has 2 atom stereocenters. The Balaban J connectivity index is 2.11. The Morgan fingerprint density at radius 3 is 2.81 bits per heavy atom. The van der Waals surface area contributed by atoms with E-state index in [1.165, 1.54) is 0 Å². The van der Waals surface area contributed by atoms with E-state index in [0.29, 0.717) is 24.4 Å². The van der Waals surface area contributed by atoms with Gasteiger partial charge in [-0.3, -0.25) is 14.3 Å². The summed E-state index contributed by atoms with van der Waals surface area (Å²) in [6, 6.07) is -0.280. The number of piperidine rings is 1. The number of amides is 1. The summed E-state index contributed by atoms with van der Waals surface area (Å²) in [4.78, 5) is 25.5. The van der Waals surface area contributed by atoms with E-state index in [4.69, 9.17) is 0 Å². The van der Waals surface area contributed by atoms with Crippen molar-refractivity contribution >= 4 is 11.9 Å². The minimum absolute atomic E-state index is 0.122. The second-order valence-electron chi connectivity index (χ2n) is 6.17. The van der Waals surface area contributed by atoms with Gasteiger partial charge in [-0.1, -0.05) is 13.8 Å². The number of likely N-dealkylation sites (tertiary alicyclic amines) is 1. The summed E-state index contributed by atoms with van der Waals surface area (Å²) in [5, 5.41) is 13.4. The third-order valence-electron chi connectivity index (χ3n) is 4.00. The molecule has 0 radical (unpaired) electrons. The summed E-state index contributed by atoms with van der Waals surface area (Å²) < 4.78 is 1.77. The number of rotatable bonds is 4. The maximum Gasteiger partial charge on any atom is 0.308 e. The van der Waals surface area contributed by atoms with Crippen LogP contribution >= 0.6 is 0 Å². The lowest BCUT2D eigenvalue weighted by atomic mass is 9.90. The molecule has 0 aliphatic carbocycles. The van der Waals surface area contributed by atoms with Gasteiger partial charge in [0.05, 0.1) is 17.7 Å². The number of aromatic nitrogens is 2. The predicted molar refractivity (Wildman–Crippen MR) is 77.9 cm³/mol. The molecule has 0 unspecified atom stereocenters. The van der Waals surface area contributed by atoms with Gasteiger partial charge in [0.2, 0.25) is 0 Å². The number of carboxylic acids is 1. The second kappa shape index (κ2) is 6.28. The van der Waals surface area contributed by atoms with E-state index < -0.39 is 11.9 Å². The zero-order chi connectivity index (χ0) is 15.6. The number of hydrogen-bond donors (Lipinski definition) is 1. The van der Waals surface area contributed by atoms with Crippen LogP contribution in [0.4, 0.5) is 0 Å². The van der Waals surface area contributed by atoms with Crippen molar-refractivity contribution in [2.24, 2.45) is 11.8 Å². The minimum atomic E-state index is -0.824. The van der Waals surface area contributed by atoms with Gasteiger partial charge in [-0.05, 0) is 25.7 Å². The second-order valence-corrected chi connectivity index (χ2v) is 6.17. The molecule has 0 spiro atoms. The summed E-state index contributed by atoms with van der Waals surface area (Å²) in [7, 11) is 0. The number of nitrogens with zero attached hydrogens (tertiary/aromatic N) is 3. The Labute approximate surface area is 124 Å². The van der Waals surface area contributed by atoms with Gasteiger partial charge in [-0.25, -0.2) is 0 Å². The summed E-state index contributed by atoms with van der Waals surface area (Å²) >= 11 is 0. The molecule has 1 aliphatic heterocycles. The lowest BCUT2D eigenvalue weighted by molar-refractivity contribution is -0.144. The highest BCUT2D eigenvalue weighted by molar-refractivity contribution is 5.94. The van der Waals surface area contributed by atoms with Crippen molar-refractivity contribution in [3.8, 4) is 0 Å². The van der Waals surface area contributed by atoms with Crippen LogP contribution in [0.1, 0.15) is 44.0 Å². The average Bonchev–Trinajstić information content (AvgIpc) is 2.85. The van der Waals surface area contributed by atoms with Gasteiger partial charge in [0.15, 0.2) is 0 Å². The van der Waals surface area contributed by atoms with E-state index >= 15 is 0 Å². The summed E-state index contributed by atoms with van der Waals surface area (Å²) in [5.74, 6) is -0.967. The molecule has 1 amide bonds. The highest BCUT2D eigenvalue weighted by Crippen LogP contribution is 2.25. The molecule has 116 valence electrons. The first-order valence-corrected chi connectivity index (χ1v) is 7.46. The predicted octanol–water partition coefficient (Wildman–Crippen LogP) is 1.86. The first kappa shape index (κ1) is 15.5. The third kappa shape index (κ3) is 3.43. The highest BCUT2D eigenvalue weighted by Gasteiger charge is 2.35. The van der Waals surface area contributed by atoms with Crippen LogP contribution in [0.3, 0.4) is 0 Å². The Morgan fingerprint density at radius 1 is 1.48 bits per heavy atom. The number of carbonyl (C=O) groups excluding carboxylic acids is 1. The number of carbonyl (C=O) groups is 2. The van der Waals surface area contributed by atoms with Crippen molar-refractivity contribution in [1.82, 2.24) is 14.7 Å². The minimum Gasteiger partial charge on any atom is -0.481 e. The molecule has 2 heterocycles. The van der Waals surface area contributed by atoms with E-state index in [0.717, 1.165) is 13.0 Å². The van der Waals surface area contributed by atoms with Crippen LogP contribution < -0.4 is 0 Å². The quantitative estimate of drug-likeness (QED) is 0.919. The Morgan fingerprint density at radius 2 is 2.19 bits per heavy atom. The normalized spacial score (nSPS) is 22.6. The van der Waals surface area contributed by atoms with Crippen LogP contribution in [-0.2, 0) is 11.3 Å². The van der Waals surface area contributed by atoms with Crippen LogP contribution in [0.25, 0.3) is 0 Å². The van der Waals surface area contributed by atoms with Crippen LogP contribution in [0.15, 0.2) is 12.4 Å². The smallest absolute Gasteiger partial charge is 0.308 e. The zero-order valence-electron chi connectivity index (χ0n) is 12.8. The largest absolute Gasteiger partial charge is 0.481 e. The number of carboxylic acid groups (broad SMARTS) is 1. The van der Waals surface area contributed by atoms with Crippen LogP contribution in [0, 0.1) is 11.8 Å². The van der Waals surface area contributed by atoms with Crippen LogP contribution in [-0.4, -0.2) is 44.3 Å². The molecule has 1 fully saturated rings. The van der Waals surface area contributed by atoms with Crippen molar-refractivity contribution in [3.63, 3.8) is 0 Å². The van der Waals surface area contributed by atoms with Gasteiger partial charge in [-0.15, -0.1) is 0 Å². The van der Waals surface area contributed by atoms with Crippen LogP contribution in [0.2, 0.25) is 0 Å². The first-order valence-electron chi connectivity index (χ1n) is 7.46. The highest BCUT2D eigenvalue weighted by atomic mass is 16.4. The zero-order valence-corrected chi connectivity index (χ0v) is 12.8. The monoisotopic (exact) mass is 293 g/mol. The van der Waals surface area contributed by atoms with Crippen molar-refractivity contribution in [1.29, 1.82) is 0 Å². The SMILES string of the molecule is CC(C)Cn1cc(C(=O)N2CCC[C@H](C(=O)O)[C@@H]2C)cn1. The van der Waals surface area contributed by atoms with Crippen molar-refractivity contribution in [2.45, 2.75) is 46.2 Å². The Bertz CT molecular complexity index is 524. The van der Waals surface area contributed by atoms with Gasteiger partial charge < -0.3 is 10.0 Å². The van der Waals surface area contributed by atoms with Crippen LogP contribution in [0.5, 0.6) is 0 Å². The lowest BCUT2D eigenvalue weighted by Crippen LogP contribution is -2.49. The van der Waals surface area contributed by atoms with Gasteiger partial charge in [0.1, 0.15) is 0 Å². The molecule has 0 bridgehead atoms. The van der Waals surface area contributed by atoms with Gasteiger partial charge in [0.25, 0.3) is 5.91 Å². The van der Waals surface area contributed by atoms with Crippen molar-refractivity contribution in [3.05, 3.63) is 18.0 Å². The van der Waals surface area contributed by atoms with E-state index in [-0.39, 0.29) is 11.9 Å². The number of aliphatic carboxylic acids is 1. The third-order valence-corrected chi connectivity index (χ3v) is 4.00. The summed E-state index contributed by atoms with van der Waals surface area (Å²) in [6.07, 6.45) is 4.68. The molecule has 21 heavy (non-hydrogen) atoms. The van der Waals surface area contributed by atoms with E-state index in [9.17, 15) is 14.7 Å². The van der Waals surface area contributed by atoms with Gasteiger partial charge in [0, 0.05) is 25.3 Å². The Hall–Kier alpha value is -1.85. The van der Waals surface area contributed by atoms with Crippen molar-refractivity contribution < 1.29 is 14.7 Å². The summed E-state index contributed by atoms with van der Waals surface area (Å²) in [6.45, 7) is 7.37. The molecule has 0 saturated carbocycles. The average molecular weight is 293 g/mol. The molecule has 1 N–H and O–H groups in total. The molecule has 1 aromatic rings. The fourth-order valence-electron chi connectivity index (χ4n) is 2.87. The topological polar surface area (TPSA) is 75.4 Å². The fourth-order valence-corrected chi connectivity index (χ4v) is 2.87. The molecule has 0 aromatic carbocycles. The molecule has 6 nitrogen and oxygen atoms in total. The molecule has 1 saturated heterocycles. The maximum absolute atomic E-state index is 12.6. The molecular weight excluding hydrogens is 270 g/mol. The first-order chi connectivity index (χ1) is 9.90. The molecule has 6 heteroatoms. The molecule has 1 aliphatic rings. The number of hydrogen-bond acceptors (Lipinski definition) is 3. The van der Waals surface area contributed by atoms with Gasteiger partial charge >= 0.3 is 5.97 Å². The van der Waals surface area contributed by atoms with E-state index in [1.807, 2.05) is 6.92 Å². The Kier molecular flexibility index (Phi) is 4.65. The molecular formula is C15H23N3O3. The van der Waals surface area contributed by atoms with Crippen molar-refractivity contribution in [2.75, 3.05) is 6.54 Å². The molecule has 2 rings (SSSR count). The fraction of sp³-hybridized carbons (Fsp3) is 0.667. The standard InChI is InChI=1S/C15H23N3O3/c1-10(2)8-17-9-12(7-16-17)14(19)18-6-4-5-13(11(18)3)15(20)21/h7,9-11,13H,4-6,8H2,1-3H3,(H,20,21)/t11-,13-/m0/s1. The maximum atomic E-state index is 12.6.